The lowest BCUT2D eigenvalue weighted by molar-refractivity contribution is 0.190. The summed E-state index contributed by atoms with van der Waals surface area (Å²) in [4.78, 5) is 4.36. The van der Waals surface area contributed by atoms with E-state index < -0.39 is 0 Å². The quantitative estimate of drug-likeness (QED) is 0.844. The van der Waals surface area contributed by atoms with E-state index in [1.54, 1.807) is 13.3 Å². The molecule has 0 saturated carbocycles. The van der Waals surface area contributed by atoms with Gasteiger partial charge < -0.3 is 14.8 Å². The number of methoxy groups -OCH3 is 1. The first kappa shape index (κ1) is 14.4. The Balaban J connectivity index is 2.27. The summed E-state index contributed by atoms with van der Waals surface area (Å²) in [6.07, 6.45) is 3.68. The molecule has 1 heterocycles. The van der Waals surface area contributed by atoms with E-state index in [1.165, 1.54) is 0 Å². The molecule has 5 nitrogen and oxygen atoms in total. The van der Waals surface area contributed by atoms with Gasteiger partial charge in [0.1, 0.15) is 5.75 Å². The molecule has 1 N–H and O–H groups in total. The first-order valence-corrected chi connectivity index (χ1v) is 6.77. The van der Waals surface area contributed by atoms with E-state index in [9.17, 15) is 0 Å². The van der Waals surface area contributed by atoms with Crippen molar-refractivity contribution in [3.63, 3.8) is 0 Å². The highest BCUT2D eigenvalue weighted by atomic mass is 16.5. The predicted molar refractivity (Wildman–Crippen MR) is 79.7 cm³/mol. The summed E-state index contributed by atoms with van der Waals surface area (Å²) < 4.78 is 12.8. The highest BCUT2D eigenvalue weighted by Crippen LogP contribution is 2.25. The molecule has 0 amide bonds. The molecule has 0 fully saturated rings. The first-order chi connectivity index (χ1) is 9.76. The fourth-order valence-corrected chi connectivity index (χ4v) is 2.05. The number of para-hydroxylation sites is 2. The van der Waals surface area contributed by atoms with E-state index in [1.807, 2.05) is 42.0 Å². The smallest absolute Gasteiger partial charge is 0.207 e. The third-order valence-electron chi connectivity index (χ3n) is 2.86. The Morgan fingerprint density at radius 2 is 2.15 bits per heavy atom. The maximum absolute atomic E-state index is 5.67. The van der Waals surface area contributed by atoms with Gasteiger partial charge in [0.05, 0.1) is 18.9 Å². The Morgan fingerprint density at radius 1 is 1.35 bits per heavy atom. The van der Waals surface area contributed by atoms with E-state index >= 15 is 0 Å². The van der Waals surface area contributed by atoms with Crippen LogP contribution in [-0.2, 0) is 4.74 Å². The van der Waals surface area contributed by atoms with Crippen LogP contribution in [0.25, 0.3) is 5.69 Å². The molecule has 1 aromatic carbocycles. The molecule has 2 aromatic rings. The van der Waals surface area contributed by atoms with Crippen LogP contribution >= 0.6 is 0 Å². The SMILES string of the molecule is CCOc1ccccc1-n1ccnc1NC(C)COC. The van der Waals surface area contributed by atoms with Crippen LogP contribution in [-0.4, -0.2) is 35.9 Å². The van der Waals surface area contributed by atoms with Crippen molar-refractivity contribution in [1.29, 1.82) is 0 Å². The van der Waals surface area contributed by atoms with E-state index in [0.717, 1.165) is 17.4 Å². The second kappa shape index (κ2) is 6.96. The van der Waals surface area contributed by atoms with E-state index in [4.69, 9.17) is 9.47 Å². The lowest BCUT2D eigenvalue weighted by atomic mass is 10.3. The number of benzene rings is 1. The van der Waals surface area contributed by atoms with Crippen molar-refractivity contribution in [2.45, 2.75) is 19.9 Å². The summed E-state index contributed by atoms with van der Waals surface area (Å²) in [7, 11) is 1.69. The van der Waals surface area contributed by atoms with Crippen LogP contribution in [0.2, 0.25) is 0 Å². The van der Waals surface area contributed by atoms with Gasteiger partial charge in [0.25, 0.3) is 0 Å². The van der Waals surface area contributed by atoms with E-state index in [0.29, 0.717) is 13.2 Å². The van der Waals surface area contributed by atoms with Crippen molar-refractivity contribution in [2.75, 3.05) is 25.6 Å². The molecule has 5 heteroatoms. The molecular weight excluding hydrogens is 254 g/mol. The van der Waals surface area contributed by atoms with Gasteiger partial charge in [-0.05, 0) is 26.0 Å². The third-order valence-corrected chi connectivity index (χ3v) is 2.86. The van der Waals surface area contributed by atoms with Gasteiger partial charge in [-0.1, -0.05) is 12.1 Å². The van der Waals surface area contributed by atoms with Gasteiger partial charge in [0, 0.05) is 25.5 Å². The zero-order valence-corrected chi connectivity index (χ0v) is 12.2. The van der Waals surface area contributed by atoms with Gasteiger partial charge in [-0.2, -0.15) is 0 Å². The van der Waals surface area contributed by atoms with Crippen molar-refractivity contribution in [3.8, 4) is 11.4 Å². The van der Waals surface area contributed by atoms with Crippen LogP contribution in [0.15, 0.2) is 36.7 Å². The fourth-order valence-electron chi connectivity index (χ4n) is 2.05. The summed E-state index contributed by atoms with van der Waals surface area (Å²) in [5.74, 6) is 1.62. The molecule has 0 aliphatic rings. The Morgan fingerprint density at radius 3 is 2.90 bits per heavy atom. The summed E-state index contributed by atoms with van der Waals surface area (Å²) in [6.45, 7) is 5.29. The van der Waals surface area contributed by atoms with Gasteiger partial charge in [-0.25, -0.2) is 4.98 Å². The molecule has 0 spiro atoms. The van der Waals surface area contributed by atoms with Crippen LogP contribution in [0.5, 0.6) is 5.75 Å². The molecular formula is C15H21N3O2. The largest absolute Gasteiger partial charge is 0.492 e. The third kappa shape index (κ3) is 3.30. The summed E-state index contributed by atoms with van der Waals surface area (Å²) in [5, 5.41) is 3.33. The van der Waals surface area contributed by atoms with E-state index in [2.05, 4.69) is 17.2 Å². The maximum Gasteiger partial charge on any atom is 0.207 e. The molecule has 0 aliphatic heterocycles. The monoisotopic (exact) mass is 275 g/mol. The molecule has 2 rings (SSSR count). The Kier molecular flexibility index (Phi) is 5.01. The minimum atomic E-state index is 0.181. The lowest BCUT2D eigenvalue weighted by Crippen LogP contribution is -2.23. The zero-order chi connectivity index (χ0) is 14.4. The molecule has 0 radical (unpaired) electrons. The summed E-state index contributed by atoms with van der Waals surface area (Å²) in [5.41, 5.74) is 0.971. The number of ether oxygens (including phenoxy) is 2. The van der Waals surface area contributed by atoms with Gasteiger partial charge in [-0.3, -0.25) is 4.57 Å². The molecule has 0 aliphatic carbocycles. The molecule has 1 unspecified atom stereocenters. The molecule has 0 saturated heterocycles. The van der Waals surface area contributed by atoms with Crippen molar-refractivity contribution >= 4 is 5.95 Å². The van der Waals surface area contributed by atoms with E-state index in [-0.39, 0.29) is 6.04 Å². The summed E-state index contributed by atoms with van der Waals surface area (Å²) >= 11 is 0. The molecule has 1 atom stereocenters. The molecule has 108 valence electrons. The molecule has 20 heavy (non-hydrogen) atoms. The number of hydrogen-bond donors (Lipinski definition) is 1. The fraction of sp³-hybridized carbons (Fsp3) is 0.400. The second-order valence-corrected chi connectivity index (χ2v) is 4.52. The lowest BCUT2D eigenvalue weighted by Gasteiger charge is -2.17. The highest BCUT2D eigenvalue weighted by molar-refractivity contribution is 5.51. The van der Waals surface area contributed by atoms with Crippen molar-refractivity contribution in [3.05, 3.63) is 36.7 Å². The minimum Gasteiger partial charge on any atom is -0.492 e. The average molecular weight is 275 g/mol. The number of nitrogens with one attached hydrogen (secondary N) is 1. The van der Waals surface area contributed by atoms with Crippen molar-refractivity contribution < 1.29 is 9.47 Å². The zero-order valence-electron chi connectivity index (χ0n) is 12.2. The van der Waals surface area contributed by atoms with Crippen LogP contribution in [0.4, 0.5) is 5.95 Å². The molecule has 1 aromatic heterocycles. The van der Waals surface area contributed by atoms with Crippen molar-refractivity contribution in [1.82, 2.24) is 9.55 Å². The average Bonchev–Trinajstić information content (AvgIpc) is 2.88. The van der Waals surface area contributed by atoms with Crippen LogP contribution in [0.1, 0.15) is 13.8 Å². The maximum atomic E-state index is 5.67. The number of hydrogen-bond acceptors (Lipinski definition) is 4. The Labute approximate surface area is 119 Å². The number of rotatable bonds is 7. The van der Waals surface area contributed by atoms with Gasteiger partial charge >= 0.3 is 0 Å². The number of nitrogens with zero attached hydrogens (tertiary/aromatic N) is 2. The van der Waals surface area contributed by atoms with Gasteiger partial charge in [0.2, 0.25) is 5.95 Å². The standard InChI is InChI=1S/C15H21N3O2/c1-4-20-14-8-6-5-7-13(14)18-10-9-16-15(18)17-12(2)11-19-3/h5-10,12H,4,11H2,1-3H3,(H,16,17). The number of imidazole rings is 1. The normalized spacial score (nSPS) is 12.2. The highest BCUT2D eigenvalue weighted by Gasteiger charge is 2.11. The second-order valence-electron chi connectivity index (χ2n) is 4.52. The number of anilines is 1. The first-order valence-electron chi connectivity index (χ1n) is 6.77. The predicted octanol–water partition coefficient (Wildman–Crippen LogP) is 2.72. The van der Waals surface area contributed by atoms with Crippen LogP contribution in [0.3, 0.4) is 0 Å². The Hall–Kier alpha value is -2.01. The van der Waals surface area contributed by atoms with Crippen LogP contribution < -0.4 is 10.1 Å². The van der Waals surface area contributed by atoms with Crippen molar-refractivity contribution in [2.24, 2.45) is 0 Å². The molecule has 0 bridgehead atoms. The van der Waals surface area contributed by atoms with Gasteiger partial charge in [0.15, 0.2) is 0 Å². The van der Waals surface area contributed by atoms with Gasteiger partial charge in [-0.15, -0.1) is 0 Å². The number of aromatic nitrogens is 2. The Bertz CT molecular complexity index is 539. The topological polar surface area (TPSA) is 48.3 Å². The summed E-state index contributed by atoms with van der Waals surface area (Å²) in [6, 6.07) is 8.10. The minimum absolute atomic E-state index is 0.181. The van der Waals surface area contributed by atoms with Crippen LogP contribution in [0, 0.1) is 0 Å².